The second-order valence-electron chi connectivity index (χ2n) is 6.55. The predicted molar refractivity (Wildman–Crippen MR) is 123 cm³/mol. The molecule has 164 valence electrons. The van der Waals surface area contributed by atoms with Crippen molar-refractivity contribution in [2.45, 2.75) is 13.3 Å². The summed E-state index contributed by atoms with van der Waals surface area (Å²) < 4.78 is 23.6. The minimum absolute atomic E-state index is 0. The number of hydrogen-bond acceptors (Lipinski definition) is 5. The van der Waals surface area contributed by atoms with Crippen LogP contribution < -0.4 is 5.32 Å². The van der Waals surface area contributed by atoms with Crippen LogP contribution in [0.25, 0.3) is 11.5 Å². The van der Waals surface area contributed by atoms with E-state index in [4.69, 9.17) is 9.15 Å². The van der Waals surface area contributed by atoms with E-state index in [9.17, 15) is 9.18 Å². The van der Waals surface area contributed by atoms with Gasteiger partial charge in [-0.25, -0.2) is 14.2 Å². The van der Waals surface area contributed by atoms with Crippen LogP contribution in [0, 0.1) is 5.82 Å². The zero-order valence-electron chi connectivity index (χ0n) is 17.1. The molecule has 3 rings (SSSR count). The van der Waals surface area contributed by atoms with E-state index in [1.54, 1.807) is 37.3 Å². The van der Waals surface area contributed by atoms with Gasteiger partial charge in [-0.3, -0.25) is 4.99 Å². The van der Waals surface area contributed by atoms with E-state index in [-0.39, 0.29) is 35.9 Å². The Bertz CT molecular complexity index is 835. The van der Waals surface area contributed by atoms with Gasteiger partial charge in [-0.05, 0) is 31.2 Å². The van der Waals surface area contributed by atoms with Crippen molar-refractivity contribution < 1.29 is 18.3 Å². The van der Waals surface area contributed by atoms with Gasteiger partial charge in [0.15, 0.2) is 5.96 Å². The van der Waals surface area contributed by atoms with E-state index in [2.05, 4.69) is 20.2 Å². The standard InChI is InChI=1S/C20H26FN5O3.HI/c1-3-28-20(27)26-12-10-25(11-13-26)19(22-2)23-9-8-17-14-29-18(24-17)15-4-6-16(21)7-5-15;/h4-7,14H,3,8-13H2,1-2H3,(H,22,23);1H. The molecule has 1 N–H and O–H groups in total. The number of aliphatic imine (C=N–C) groups is 1. The van der Waals surface area contributed by atoms with E-state index in [0.717, 1.165) is 17.2 Å². The Balaban J connectivity index is 0.00000320. The van der Waals surface area contributed by atoms with Crippen LogP contribution in [0.1, 0.15) is 12.6 Å². The number of ether oxygens (including phenoxy) is 1. The Morgan fingerprint density at radius 3 is 2.53 bits per heavy atom. The molecule has 0 radical (unpaired) electrons. The number of aromatic nitrogens is 1. The van der Waals surface area contributed by atoms with E-state index in [0.29, 0.717) is 51.6 Å². The third kappa shape index (κ3) is 6.31. The Labute approximate surface area is 192 Å². The van der Waals surface area contributed by atoms with Crippen molar-refractivity contribution in [3.63, 3.8) is 0 Å². The average Bonchev–Trinajstić information content (AvgIpc) is 3.21. The molecule has 0 aliphatic carbocycles. The molecule has 1 aliphatic rings. The number of amides is 1. The summed E-state index contributed by atoms with van der Waals surface area (Å²) in [5.74, 6) is 0.967. The Kier molecular flexibility index (Phi) is 9.34. The molecule has 1 aromatic carbocycles. The van der Waals surface area contributed by atoms with Crippen LogP contribution in [-0.4, -0.2) is 73.2 Å². The number of oxazole rings is 1. The van der Waals surface area contributed by atoms with E-state index >= 15 is 0 Å². The predicted octanol–water partition coefficient (Wildman–Crippen LogP) is 2.99. The molecule has 1 amide bonds. The summed E-state index contributed by atoms with van der Waals surface area (Å²) in [7, 11) is 1.74. The van der Waals surface area contributed by atoms with Gasteiger partial charge in [-0.1, -0.05) is 0 Å². The molecule has 0 bridgehead atoms. The summed E-state index contributed by atoms with van der Waals surface area (Å²) in [4.78, 5) is 24.4. The first-order valence-corrected chi connectivity index (χ1v) is 9.68. The molecule has 1 aromatic heterocycles. The first-order valence-electron chi connectivity index (χ1n) is 9.68. The summed E-state index contributed by atoms with van der Waals surface area (Å²) in [5, 5.41) is 3.32. The molecule has 8 nitrogen and oxygen atoms in total. The zero-order valence-corrected chi connectivity index (χ0v) is 19.5. The minimum atomic E-state index is -0.292. The molecule has 2 aromatic rings. The number of nitrogens with zero attached hydrogens (tertiary/aromatic N) is 4. The highest BCUT2D eigenvalue weighted by Crippen LogP contribution is 2.19. The third-order valence-corrected chi connectivity index (χ3v) is 4.62. The molecule has 1 fully saturated rings. The lowest BCUT2D eigenvalue weighted by atomic mass is 10.2. The van der Waals surface area contributed by atoms with Gasteiger partial charge < -0.3 is 24.3 Å². The molecular formula is C20H27FIN5O3. The fourth-order valence-corrected chi connectivity index (χ4v) is 3.10. The van der Waals surface area contributed by atoms with Gasteiger partial charge in [0.25, 0.3) is 0 Å². The molecule has 10 heteroatoms. The Hall–Kier alpha value is -2.37. The lowest BCUT2D eigenvalue weighted by Crippen LogP contribution is -2.54. The van der Waals surface area contributed by atoms with Crippen LogP contribution in [0.5, 0.6) is 0 Å². The fraction of sp³-hybridized carbons (Fsp3) is 0.450. The minimum Gasteiger partial charge on any atom is -0.450 e. The van der Waals surface area contributed by atoms with Crippen molar-refractivity contribution in [1.29, 1.82) is 0 Å². The smallest absolute Gasteiger partial charge is 0.409 e. The number of rotatable bonds is 5. The van der Waals surface area contributed by atoms with Gasteiger partial charge in [0.05, 0.1) is 12.3 Å². The highest BCUT2D eigenvalue weighted by Gasteiger charge is 2.23. The first-order chi connectivity index (χ1) is 14.1. The maximum atomic E-state index is 13.0. The molecule has 1 aliphatic heterocycles. The molecule has 0 spiro atoms. The van der Waals surface area contributed by atoms with Crippen LogP contribution in [0.15, 0.2) is 39.9 Å². The number of guanidine groups is 1. The Morgan fingerprint density at radius 2 is 1.90 bits per heavy atom. The number of piperazine rings is 1. The molecule has 0 unspecified atom stereocenters. The normalized spacial score (nSPS) is 14.3. The van der Waals surface area contributed by atoms with Gasteiger partial charge in [-0.15, -0.1) is 24.0 Å². The number of halogens is 2. The fourth-order valence-electron chi connectivity index (χ4n) is 3.10. The van der Waals surface area contributed by atoms with Crippen LogP contribution in [0.4, 0.5) is 9.18 Å². The van der Waals surface area contributed by atoms with Gasteiger partial charge in [0.1, 0.15) is 12.1 Å². The molecule has 0 saturated carbocycles. The molecule has 2 heterocycles. The summed E-state index contributed by atoms with van der Waals surface area (Å²) in [6.45, 7) is 5.41. The molecule has 1 saturated heterocycles. The first kappa shape index (κ1) is 23.9. The molecule has 0 atom stereocenters. The Morgan fingerprint density at radius 1 is 1.23 bits per heavy atom. The average molecular weight is 531 g/mol. The van der Waals surface area contributed by atoms with E-state index in [1.165, 1.54) is 12.1 Å². The maximum absolute atomic E-state index is 13.0. The quantitative estimate of drug-likeness (QED) is 0.363. The summed E-state index contributed by atoms with van der Waals surface area (Å²) in [5.41, 5.74) is 1.54. The highest BCUT2D eigenvalue weighted by atomic mass is 127. The summed E-state index contributed by atoms with van der Waals surface area (Å²) >= 11 is 0. The van der Waals surface area contributed by atoms with Crippen molar-refractivity contribution in [2.75, 3.05) is 46.4 Å². The lowest BCUT2D eigenvalue weighted by Gasteiger charge is -2.35. The molecule has 30 heavy (non-hydrogen) atoms. The largest absolute Gasteiger partial charge is 0.450 e. The van der Waals surface area contributed by atoms with Crippen molar-refractivity contribution in [3.8, 4) is 11.5 Å². The van der Waals surface area contributed by atoms with Gasteiger partial charge in [0.2, 0.25) is 5.89 Å². The van der Waals surface area contributed by atoms with Crippen molar-refractivity contribution in [3.05, 3.63) is 42.0 Å². The highest BCUT2D eigenvalue weighted by molar-refractivity contribution is 14.0. The zero-order chi connectivity index (χ0) is 20.6. The topological polar surface area (TPSA) is 83.2 Å². The molecular weight excluding hydrogens is 504 g/mol. The van der Waals surface area contributed by atoms with E-state index < -0.39 is 0 Å². The van der Waals surface area contributed by atoms with Crippen LogP contribution in [0.3, 0.4) is 0 Å². The van der Waals surface area contributed by atoms with Crippen LogP contribution in [-0.2, 0) is 11.2 Å². The number of nitrogens with one attached hydrogen (secondary N) is 1. The summed E-state index contributed by atoms with van der Waals surface area (Å²) in [6.07, 6.45) is 2.01. The van der Waals surface area contributed by atoms with Crippen molar-refractivity contribution >= 4 is 36.0 Å². The van der Waals surface area contributed by atoms with Crippen molar-refractivity contribution in [2.24, 2.45) is 4.99 Å². The summed E-state index contributed by atoms with van der Waals surface area (Å²) in [6, 6.07) is 6.04. The van der Waals surface area contributed by atoms with Gasteiger partial charge in [-0.2, -0.15) is 0 Å². The van der Waals surface area contributed by atoms with Crippen LogP contribution >= 0.6 is 24.0 Å². The van der Waals surface area contributed by atoms with Gasteiger partial charge in [0, 0.05) is 51.8 Å². The number of benzene rings is 1. The van der Waals surface area contributed by atoms with Gasteiger partial charge >= 0.3 is 6.09 Å². The number of hydrogen-bond donors (Lipinski definition) is 1. The number of carbonyl (C=O) groups is 1. The van der Waals surface area contributed by atoms with E-state index in [1.807, 2.05) is 0 Å². The lowest BCUT2D eigenvalue weighted by molar-refractivity contribution is 0.0914. The second kappa shape index (κ2) is 11.7. The monoisotopic (exact) mass is 531 g/mol. The SMILES string of the molecule is CCOC(=O)N1CCN(C(=NC)NCCc2coc(-c3ccc(F)cc3)n2)CC1.I. The maximum Gasteiger partial charge on any atom is 0.409 e. The third-order valence-electron chi connectivity index (χ3n) is 4.62. The van der Waals surface area contributed by atoms with Crippen LogP contribution in [0.2, 0.25) is 0 Å². The number of carbonyl (C=O) groups excluding carboxylic acids is 1. The second-order valence-corrected chi connectivity index (χ2v) is 6.55. The van der Waals surface area contributed by atoms with Crippen molar-refractivity contribution in [1.82, 2.24) is 20.1 Å².